The van der Waals surface area contributed by atoms with Crippen molar-refractivity contribution in [3.63, 3.8) is 0 Å². The summed E-state index contributed by atoms with van der Waals surface area (Å²) in [5.41, 5.74) is 3.00. The predicted octanol–water partition coefficient (Wildman–Crippen LogP) is 6.14. The zero-order chi connectivity index (χ0) is 33.1. The highest BCUT2D eigenvalue weighted by molar-refractivity contribution is 7.92. The van der Waals surface area contributed by atoms with E-state index in [9.17, 15) is 18.0 Å². The van der Waals surface area contributed by atoms with Crippen LogP contribution in [-0.2, 0) is 32.6 Å². The molecule has 46 heavy (non-hydrogen) atoms. The average molecular weight is 642 g/mol. The molecule has 2 atom stereocenters. The van der Waals surface area contributed by atoms with Crippen LogP contribution >= 0.6 is 0 Å². The number of nitrogens with zero attached hydrogens (tertiary/aromatic N) is 2. The molecule has 4 aromatic rings. The Morgan fingerprint density at radius 1 is 0.804 bits per heavy atom. The average Bonchev–Trinajstić information content (AvgIpc) is 3.07. The number of ether oxygens (including phenoxy) is 1. The first-order chi connectivity index (χ1) is 22.1. The Kier molecular flexibility index (Phi) is 12.0. The van der Waals surface area contributed by atoms with E-state index < -0.39 is 28.5 Å². The second kappa shape index (κ2) is 16.1. The van der Waals surface area contributed by atoms with Gasteiger partial charge in [0.25, 0.3) is 10.0 Å². The summed E-state index contributed by atoms with van der Waals surface area (Å²) >= 11 is 0. The van der Waals surface area contributed by atoms with Crippen molar-refractivity contribution in [3.8, 4) is 5.75 Å². The van der Waals surface area contributed by atoms with Crippen molar-refractivity contribution in [2.75, 3.05) is 17.5 Å². The number of para-hydroxylation sites is 2. The summed E-state index contributed by atoms with van der Waals surface area (Å²) in [4.78, 5) is 30.1. The molecule has 0 radical (unpaired) electrons. The molecule has 242 valence electrons. The molecule has 0 spiro atoms. The first-order valence-electron chi connectivity index (χ1n) is 15.6. The van der Waals surface area contributed by atoms with Crippen LogP contribution in [0.15, 0.2) is 114 Å². The summed E-state index contributed by atoms with van der Waals surface area (Å²) in [6.07, 6.45) is 0.967. The number of aryl methyl sites for hydroxylation is 1. The van der Waals surface area contributed by atoms with E-state index in [0.29, 0.717) is 18.8 Å². The zero-order valence-corrected chi connectivity index (χ0v) is 27.7. The molecule has 0 bridgehead atoms. The van der Waals surface area contributed by atoms with E-state index in [2.05, 4.69) is 5.32 Å². The first-order valence-corrected chi connectivity index (χ1v) is 17.1. The van der Waals surface area contributed by atoms with Crippen LogP contribution < -0.4 is 14.4 Å². The fourth-order valence-corrected chi connectivity index (χ4v) is 6.50. The molecule has 0 aliphatic heterocycles. The van der Waals surface area contributed by atoms with Crippen molar-refractivity contribution in [1.29, 1.82) is 0 Å². The monoisotopic (exact) mass is 641 g/mol. The second-order valence-corrected chi connectivity index (χ2v) is 13.1. The number of hydrogen-bond acceptors (Lipinski definition) is 5. The van der Waals surface area contributed by atoms with Gasteiger partial charge in [-0.2, -0.15) is 0 Å². The number of anilines is 1. The second-order valence-electron chi connectivity index (χ2n) is 11.3. The SMILES string of the molecule is CCOc1ccccc1N(CC(=O)N(Cc1ccc(C)cc1)[C@H](Cc1ccccc1)C(=O)N[C@@H](C)CC)S(=O)(=O)c1ccccc1. The van der Waals surface area contributed by atoms with E-state index in [1.807, 2.05) is 82.3 Å². The summed E-state index contributed by atoms with van der Waals surface area (Å²) < 4.78 is 35.4. The number of sulfonamides is 1. The third-order valence-electron chi connectivity index (χ3n) is 7.79. The van der Waals surface area contributed by atoms with E-state index in [-0.39, 0.29) is 35.5 Å². The molecule has 0 aromatic heterocycles. The van der Waals surface area contributed by atoms with Crippen LogP contribution in [-0.4, -0.2) is 50.4 Å². The van der Waals surface area contributed by atoms with Gasteiger partial charge in [0.2, 0.25) is 11.8 Å². The Hall–Kier alpha value is -4.63. The van der Waals surface area contributed by atoms with Gasteiger partial charge in [-0.25, -0.2) is 8.42 Å². The molecular formula is C37H43N3O5S. The number of hydrogen-bond donors (Lipinski definition) is 1. The smallest absolute Gasteiger partial charge is 0.264 e. The Morgan fingerprint density at radius 3 is 2.04 bits per heavy atom. The normalized spacial score (nSPS) is 12.5. The lowest BCUT2D eigenvalue weighted by molar-refractivity contribution is -0.140. The lowest BCUT2D eigenvalue weighted by Gasteiger charge is -2.34. The third kappa shape index (κ3) is 8.75. The summed E-state index contributed by atoms with van der Waals surface area (Å²) in [5.74, 6) is -0.491. The minimum atomic E-state index is -4.22. The maximum absolute atomic E-state index is 14.6. The van der Waals surface area contributed by atoms with E-state index in [4.69, 9.17) is 4.74 Å². The Bertz CT molecular complexity index is 1680. The Morgan fingerprint density at radius 2 is 1.41 bits per heavy atom. The van der Waals surface area contributed by atoms with Crippen LogP contribution in [0.2, 0.25) is 0 Å². The van der Waals surface area contributed by atoms with Gasteiger partial charge in [-0.15, -0.1) is 0 Å². The molecule has 0 aliphatic rings. The van der Waals surface area contributed by atoms with Crippen LogP contribution in [0.25, 0.3) is 0 Å². The third-order valence-corrected chi connectivity index (χ3v) is 9.56. The highest BCUT2D eigenvalue weighted by Crippen LogP contribution is 2.33. The summed E-state index contributed by atoms with van der Waals surface area (Å²) in [6, 6.07) is 31.0. The van der Waals surface area contributed by atoms with Crippen LogP contribution in [0.4, 0.5) is 5.69 Å². The number of rotatable bonds is 15. The first kappa shape index (κ1) is 34.2. The lowest BCUT2D eigenvalue weighted by Crippen LogP contribution is -2.54. The number of carbonyl (C=O) groups is 2. The highest BCUT2D eigenvalue weighted by atomic mass is 32.2. The number of benzene rings is 4. The van der Waals surface area contributed by atoms with Gasteiger partial charge in [-0.1, -0.05) is 97.4 Å². The lowest BCUT2D eigenvalue weighted by atomic mass is 10.0. The van der Waals surface area contributed by atoms with E-state index in [0.717, 1.165) is 21.0 Å². The summed E-state index contributed by atoms with van der Waals surface area (Å²) in [6.45, 7) is 7.56. The fraction of sp³-hybridized carbons (Fsp3) is 0.297. The molecular weight excluding hydrogens is 598 g/mol. The molecule has 0 aliphatic carbocycles. The summed E-state index contributed by atoms with van der Waals surface area (Å²) in [5, 5.41) is 3.06. The standard InChI is InChI=1S/C37H43N3O5S/c1-5-29(4)38-37(42)34(25-30-15-9-7-10-16-30)39(26-31-23-21-28(3)22-24-31)36(41)27-40(33-19-13-14-20-35(33)45-6-2)46(43,44)32-17-11-8-12-18-32/h7-24,29,34H,5-6,25-27H2,1-4H3,(H,38,42)/t29-,34+/m0/s1. The number of nitrogens with one attached hydrogen (secondary N) is 1. The van der Waals surface area contributed by atoms with Gasteiger partial charge >= 0.3 is 0 Å². The van der Waals surface area contributed by atoms with Gasteiger partial charge in [0.05, 0.1) is 17.2 Å². The van der Waals surface area contributed by atoms with E-state index in [1.54, 1.807) is 42.5 Å². The van der Waals surface area contributed by atoms with Gasteiger partial charge in [-0.05, 0) is 62.6 Å². The van der Waals surface area contributed by atoms with Crippen molar-refractivity contribution >= 4 is 27.5 Å². The maximum Gasteiger partial charge on any atom is 0.264 e. The van der Waals surface area contributed by atoms with Gasteiger partial charge in [-0.3, -0.25) is 13.9 Å². The summed E-state index contributed by atoms with van der Waals surface area (Å²) in [7, 11) is -4.22. The predicted molar refractivity (Wildman–Crippen MR) is 182 cm³/mol. The Balaban J connectivity index is 1.83. The highest BCUT2D eigenvalue weighted by Gasteiger charge is 2.35. The van der Waals surface area contributed by atoms with Crippen LogP contribution in [0.5, 0.6) is 5.75 Å². The largest absolute Gasteiger partial charge is 0.492 e. The van der Waals surface area contributed by atoms with E-state index >= 15 is 0 Å². The molecule has 0 saturated carbocycles. The minimum absolute atomic E-state index is 0.0366. The molecule has 4 aromatic carbocycles. The van der Waals surface area contributed by atoms with Crippen LogP contribution in [0.1, 0.15) is 43.9 Å². The topological polar surface area (TPSA) is 96.0 Å². The fourth-order valence-electron chi connectivity index (χ4n) is 5.06. The molecule has 2 amide bonds. The molecule has 4 rings (SSSR count). The van der Waals surface area contributed by atoms with Crippen molar-refractivity contribution in [2.24, 2.45) is 0 Å². The van der Waals surface area contributed by atoms with Crippen molar-refractivity contribution in [1.82, 2.24) is 10.2 Å². The van der Waals surface area contributed by atoms with Gasteiger partial charge in [0.15, 0.2) is 0 Å². The van der Waals surface area contributed by atoms with Crippen LogP contribution in [0.3, 0.4) is 0 Å². The van der Waals surface area contributed by atoms with Gasteiger partial charge in [0.1, 0.15) is 18.3 Å². The van der Waals surface area contributed by atoms with Crippen molar-refractivity contribution < 1.29 is 22.7 Å². The molecule has 0 fully saturated rings. The zero-order valence-electron chi connectivity index (χ0n) is 26.9. The maximum atomic E-state index is 14.6. The molecule has 0 saturated heterocycles. The van der Waals surface area contributed by atoms with E-state index in [1.165, 1.54) is 17.0 Å². The Labute approximate surface area is 273 Å². The molecule has 9 heteroatoms. The van der Waals surface area contributed by atoms with Crippen molar-refractivity contribution in [3.05, 3.63) is 126 Å². The van der Waals surface area contributed by atoms with Crippen molar-refractivity contribution in [2.45, 2.75) is 64.1 Å². The molecule has 1 N–H and O–H groups in total. The van der Waals surface area contributed by atoms with Gasteiger partial charge in [0, 0.05) is 19.0 Å². The van der Waals surface area contributed by atoms with Gasteiger partial charge < -0.3 is 15.0 Å². The number of carbonyl (C=O) groups excluding carboxylic acids is 2. The molecule has 8 nitrogen and oxygen atoms in total. The molecule has 0 heterocycles. The molecule has 0 unspecified atom stereocenters. The minimum Gasteiger partial charge on any atom is -0.492 e. The number of amides is 2. The van der Waals surface area contributed by atoms with Crippen LogP contribution in [0, 0.1) is 6.92 Å². The quantitative estimate of drug-likeness (QED) is 0.168.